The minimum Gasteiger partial charge on any atom is -0.388 e. The summed E-state index contributed by atoms with van der Waals surface area (Å²) in [5, 5.41) is 26.4. The van der Waals surface area contributed by atoms with Crippen LogP contribution in [0.3, 0.4) is 0 Å². The molecule has 1 saturated carbocycles. The topological polar surface area (TPSA) is 55.7 Å². The van der Waals surface area contributed by atoms with E-state index in [4.69, 9.17) is 0 Å². The maximum atomic E-state index is 11.7. The normalized spacial score (nSPS) is 22.1. The Hall–Kier alpha value is -1.72. The van der Waals surface area contributed by atoms with Crippen molar-refractivity contribution in [1.29, 1.82) is 0 Å². The van der Waals surface area contributed by atoms with Crippen LogP contribution < -0.4 is 5.32 Å². The highest BCUT2D eigenvalue weighted by molar-refractivity contribution is 5.25. The predicted octanol–water partition coefficient (Wildman–Crippen LogP) is 3.68. The van der Waals surface area contributed by atoms with E-state index in [9.17, 15) is 10.2 Å². The molecule has 0 amide bonds. The van der Waals surface area contributed by atoms with E-state index in [1.807, 2.05) is 30.3 Å². The van der Waals surface area contributed by atoms with Gasteiger partial charge in [-0.1, -0.05) is 73.5 Å². The van der Waals surface area contributed by atoms with Crippen LogP contribution in [-0.4, -0.2) is 46.9 Å². The minimum atomic E-state index is -1.17. The van der Waals surface area contributed by atoms with Crippen molar-refractivity contribution < 1.29 is 10.2 Å². The number of nitrogens with zero attached hydrogens (tertiary/aromatic N) is 1. The summed E-state index contributed by atoms with van der Waals surface area (Å²) in [4.78, 5) is 2.50. The molecule has 0 spiro atoms. The maximum Gasteiger partial charge on any atom is 0.119 e. The fourth-order valence-electron chi connectivity index (χ4n) is 5.34. The molecule has 2 atom stereocenters. The fourth-order valence-corrected chi connectivity index (χ4v) is 5.34. The predicted molar refractivity (Wildman–Crippen MR) is 121 cm³/mol. The maximum absolute atomic E-state index is 11.7. The third-order valence-corrected chi connectivity index (χ3v) is 7.16. The lowest BCUT2D eigenvalue weighted by molar-refractivity contribution is -0.119. The number of likely N-dealkylation sites (tertiary alicyclic amines) is 1. The Balaban J connectivity index is 1.31. The lowest BCUT2D eigenvalue weighted by Crippen LogP contribution is -2.52. The van der Waals surface area contributed by atoms with Gasteiger partial charge in [-0.3, -0.25) is 4.90 Å². The summed E-state index contributed by atoms with van der Waals surface area (Å²) in [5.74, 6) is 0.129. The van der Waals surface area contributed by atoms with Crippen LogP contribution >= 0.6 is 0 Å². The fraction of sp³-hybridized carbons (Fsp3) is 0.538. The van der Waals surface area contributed by atoms with Gasteiger partial charge in [-0.2, -0.15) is 0 Å². The summed E-state index contributed by atoms with van der Waals surface area (Å²) < 4.78 is 0. The summed E-state index contributed by atoms with van der Waals surface area (Å²) in [7, 11) is 0. The van der Waals surface area contributed by atoms with Crippen molar-refractivity contribution in [3.05, 3.63) is 71.8 Å². The zero-order chi connectivity index (χ0) is 20.8. The smallest absolute Gasteiger partial charge is 0.119 e. The first-order chi connectivity index (χ1) is 14.7. The van der Waals surface area contributed by atoms with E-state index in [1.165, 1.54) is 5.56 Å². The highest BCUT2D eigenvalue weighted by atomic mass is 16.3. The van der Waals surface area contributed by atoms with E-state index < -0.39 is 11.7 Å². The number of aliphatic hydroxyl groups excluding tert-OH is 1. The third kappa shape index (κ3) is 4.94. The molecule has 162 valence electrons. The van der Waals surface area contributed by atoms with Gasteiger partial charge < -0.3 is 15.5 Å². The number of benzene rings is 2. The second kappa shape index (κ2) is 10.1. The van der Waals surface area contributed by atoms with Gasteiger partial charge in [-0.15, -0.1) is 0 Å². The van der Waals surface area contributed by atoms with E-state index in [-0.39, 0.29) is 5.92 Å². The summed E-state index contributed by atoms with van der Waals surface area (Å²) in [6, 6.07) is 20.8. The Bertz CT molecular complexity index is 755. The molecule has 2 aromatic rings. The van der Waals surface area contributed by atoms with Crippen molar-refractivity contribution >= 4 is 0 Å². The first kappa shape index (κ1) is 21.5. The number of nitrogens with one attached hydrogen (secondary N) is 1. The molecule has 4 rings (SSSR count). The Morgan fingerprint density at radius 1 is 0.900 bits per heavy atom. The lowest BCUT2D eigenvalue weighted by Gasteiger charge is -2.40. The Morgan fingerprint density at radius 3 is 2.13 bits per heavy atom. The van der Waals surface area contributed by atoms with Crippen LogP contribution in [-0.2, 0) is 12.1 Å². The summed E-state index contributed by atoms with van der Waals surface area (Å²) >= 11 is 0. The molecule has 2 fully saturated rings. The number of hydrogen-bond donors (Lipinski definition) is 3. The van der Waals surface area contributed by atoms with Crippen molar-refractivity contribution in [2.45, 2.75) is 62.8 Å². The average molecular weight is 409 g/mol. The first-order valence-corrected chi connectivity index (χ1v) is 11.6. The SMILES string of the molecule is OC(CNC1CCN(Cc2ccccc2)CC1)C(O)(c1ccccc1)C1CCCC1. The van der Waals surface area contributed by atoms with E-state index in [1.54, 1.807) is 0 Å². The van der Waals surface area contributed by atoms with Gasteiger partial charge in [-0.25, -0.2) is 0 Å². The standard InChI is InChI=1S/C26H36N2O2/c29-25(26(30,23-13-7-8-14-23)22-11-5-2-6-12-22)19-27-24-15-17-28(18-16-24)20-21-9-3-1-4-10-21/h1-6,9-12,23-25,27,29-30H,7-8,13-20H2. The monoisotopic (exact) mass is 408 g/mol. The molecule has 1 aliphatic heterocycles. The summed E-state index contributed by atoms with van der Waals surface area (Å²) in [6.45, 7) is 3.57. The first-order valence-electron chi connectivity index (χ1n) is 11.6. The van der Waals surface area contributed by atoms with Gasteiger partial charge in [0, 0.05) is 19.1 Å². The van der Waals surface area contributed by atoms with E-state index in [0.717, 1.165) is 63.7 Å². The average Bonchev–Trinajstić information content (AvgIpc) is 3.35. The van der Waals surface area contributed by atoms with Crippen LogP contribution in [0.15, 0.2) is 60.7 Å². The second-order valence-electron chi connectivity index (χ2n) is 9.13. The van der Waals surface area contributed by atoms with Crippen molar-refractivity contribution in [3.63, 3.8) is 0 Å². The zero-order valence-corrected chi connectivity index (χ0v) is 17.9. The molecular formula is C26H36N2O2. The van der Waals surface area contributed by atoms with E-state index >= 15 is 0 Å². The molecule has 3 N–H and O–H groups in total. The summed E-state index contributed by atoms with van der Waals surface area (Å²) in [6.07, 6.45) is 5.60. The third-order valence-electron chi connectivity index (χ3n) is 7.16. The molecule has 4 nitrogen and oxygen atoms in total. The zero-order valence-electron chi connectivity index (χ0n) is 17.9. The van der Waals surface area contributed by atoms with Crippen molar-refractivity contribution in [3.8, 4) is 0 Å². The van der Waals surface area contributed by atoms with Crippen molar-refractivity contribution in [2.24, 2.45) is 5.92 Å². The second-order valence-corrected chi connectivity index (χ2v) is 9.13. The van der Waals surface area contributed by atoms with Crippen LogP contribution in [0.25, 0.3) is 0 Å². The van der Waals surface area contributed by atoms with Crippen molar-refractivity contribution in [2.75, 3.05) is 19.6 Å². The van der Waals surface area contributed by atoms with Gasteiger partial charge in [-0.05, 0) is 55.8 Å². The molecule has 0 aromatic heterocycles. The lowest BCUT2D eigenvalue weighted by atomic mass is 9.76. The van der Waals surface area contributed by atoms with Gasteiger partial charge in [0.05, 0.1) is 6.10 Å². The van der Waals surface area contributed by atoms with E-state index in [2.05, 4.69) is 40.5 Å². The molecule has 1 heterocycles. The highest BCUT2D eigenvalue weighted by Crippen LogP contribution is 2.42. The van der Waals surface area contributed by atoms with Crippen LogP contribution in [0.4, 0.5) is 0 Å². The van der Waals surface area contributed by atoms with Crippen LogP contribution in [0.2, 0.25) is 0 Å². The molecule has 4 heteroatoms. The number of piperidine rings is 1. The van der Waals surface area contributed by atoms with Crippen LogP contribution in [0.1, 0.15) is 49.7 Å². The van der Waals surface area contributed by atoms with Gasteiger partial charge in [0.1, 0.15) is 5.60 Å². The van der Waals surface area contributed by atoms with Gasteiger partial charge in [0.2, 0.25) is 0 Å². The molecule has 2 aromatic carbocycles. The summed E-state index contributed by atoms with van der Waals surface area (Å²) in [5.41, 5.74) is 1.05. The molecule has 1 aliphatic carbocycles. The minimum absolute atomic E-state index is 0.129. The highest BCUT2D eigenvalue weighted by Gasteiger charge is 2.45. The molecule has 0 bridgehead atoms. The van der Waals surface area contributed by atoms with E-state index in [0.29, 0.717) is 12.6 Å². The van der Waals surface area contributed by atoms with Gasteiger partial charge in [0.25, 0.3) is 0 Å². The molecule has 2 unspecified atom stereocenters. The van der Waals surface area contributed by atoms with Gasteiger partial charge in [0.15, 0.2) is 0 Å². The van der Waals surface area contributed by atoms with Gasteiger partial charge >= 0.3 is 0 Å². The Morgan fingerprint density at radius 2 is 1.50 bits per heavy atom. The number of hydrogen-bond acceptors (Lipinski definition) is 4. The molecule has 2 aliphatic rings. The quantitative estimate of drug-likeness (QED) is 0.624. The van der Waals surface area contributed by atoms with Crippen LogP contribution in [0.5, 0.6) is 0 Å². The van der Waals surface area contributed by atoms with Crippen molar-refractivity contribution in [1.82, 2.24) is 10.2 Å². The molecule has 30 heavy (non-hydrogen) atoms. The molecule has 1 saturated heterocycles. The largest absolute Gasteiger partial charge is 0.388 e. The van der Waals surface area contributed by atoms with Crippen LogP contribution in [0, 0.1) is 5.92 Å². The molecular weight excluding hydrogens is 372 g/mol. The Kier molecular flexibility index (Phi) is 7.21. The number of aliphatic hydroxyl groups is 2. The molecule has 0 radical (unpaired) electrons. The Labute approximate surface area is 180 Å². The number of rotatable bonds is 8.